The summed E-state index contributed by atoms with van der Waals surface area (Å²) in [5.74, 6) is 1.25. The first-order chi connectivity index (χ1) is 22.2. The molecule has 0 atom stereocenters. The fourth-order valence-electron chi connectivity index (χ4n) is 4.86. The van der Waals surface area contributed by atoms with Gasteiger partial charge in [-0.05, 0) is 116 Å². The lowest BCUT2D eigenvalue weighted by molar-refractivity contribution is -0.137. The van der Waals surface area contributed by atoms with Crippen LogP contribution in [0.2, 0.25) is 0 Å². The fraction of sp³-hybridized carbons (Fsp3) is 0.649. The number of likely N-dealkylation sites (tertiary alicyclic amines) is 1. The number of amides is 1. The van der Waals surface area contributed by atoms with E-state index in [-0.39, 0.29) is 6.09 Å². The van der Waals surface area contributed by atoms with E-state index in [0.717, 1.165) is 72.9 Å². The first-order valence-corrected chi connectivity index (χ1v) is 18.0. The predicted octanol–water partition coefficient (Wildman–Crippen LogP) is 10.1. The molecule has 2 aliphatic rings. The zero-order valence-corrected chi connectivity index (χ0v) is 31.6. The van der Waals surface area contributed by atoms with Crippen molar-refractivity contribution in [1.29, 1.82) is 0 Å². The predicted molar refractivity (Wildman–Crippen MR) is 196 cm³/mol. The highest BCUT2D eigenvalue weighted by Crippen LogP contribution is 2.46. The Bertz CT molecular complexity index is 1090. The monoisotopic (exact) mass is 684 g/mol. The maximum Gasteiger partial charge on any atom is 0.416 e. The minimum Gasteiger partial charge on any atom is -0.444 e. The Hall–Kier alpha value is -2.43. The van der Waals surface area contributed by atoms with Crippen LogP contribution in [-0.2, 0) is 10.9 Å². The summed E-state index contributed by atoms with van der Waals surface area (Å²) in [6, 6.07) is 3.90. The molecule has 270 valence electrons. The van der Waals surface area contributed by atoms with Crippen LogP contribution in [0.15, 0.2) is 59.0 Å². The molecule has 0 aliphatic carbocycles. The van der Waals surface area contributed by atoms with Crippen molar-refractivity contribution in [1.82, 2.24) is 15.5 Å². The number of fused-ring (bicyclic) bond motifs is 1. The number of carbonyl (C=O) groups excluding carboxylic acids is 1. The SMILES string of the molecule is C=CC1=C(C=C)N(CCCN2CCC(CNC(=O)OC(C)(C)C)CC2)c2cc(C(F)(F)F)ccc2S1.CC.CC.CNCCC(C)C. The molecule has 0 bridgehead atoms. The summed E-state index contributed by atoms with van der Waals surface area (Å²) >= 11 is 1.42. The third kappa shape index (κ3) is 17.0. The number of hydrogen-bond acceptors (Lipinski definition) is 6. The summed E-state index contributed by atoms with van der Waals surface area (Å²) in [5, 5.41) is 5.96. The number of ether oxygens (including phenoxy) is 1. The minimum atomic E-state index is -4.40. The van der Waals surface area contributed by atoms with Crippen molar-refractivity contribution < 1.29 is 22.7 Å². The molecule has 3 rings (SSSR count). The molecule has 1 aromatic carbocycles. The number of piperidine rings is 1. The summed E-state index contributed by atoms with van der Waals surface area (Å²) in [6.45, 7) is 30.8. The van der Waals surface area contributed by atoms with Gasteiger partial charge in [0.2, 0.25) is 0 Å². The number of anilines is 1. The quantitative estimate of drug-likeness (QED) is 0.242. The second kappa shape index (κ2) is 23.0. The highest BCUT2D eigenvalue weighted by atomic mass is 32.2. The molecule has 1 saturated heterocycles. The first-order valence-electron chi connectivity index (χ1n) is 17.2. The van der Waals surface area contributed by atoms with Crippen LogP contribution in [0.25, 0.3) is 0 Å². The van der Waals surface area contributed by atoms with E-state index in [9.17, 15) is 18.0 Å². The van der Waals surface area contributed by atoms with Crippen molar-refractivity contribution in [3.05, 3.63) is 59.7 Å². The van der Waals surface area contributed by atoms with E-state index in [1.165, 1.54) is 30.3 Å². The van der Waals surface area contributed by atoms with Crippen molar-refractivity contribution in [3.63, 3.8) is 0 Å². The lowest BCUT2D eigenvalue weighted by Gasteiger charge is -2.35. The molecular weight excluding hydrogens is 621 g/mol. The Balaban J connectivity index is 0.00000168. The molecule has 0 unspecified atom stereocenters. The number of nitrogens with one attached hydrogen (secondary N) is 2. The maximum atomic E-state index is 13.4. The second-order valence-electron chi connectivity index (χ2n) is 12.4. The van der Waals surface area contributed by atoms with E-state index in [1.807, 2.05) is 60.4 Å². The Morgan fingerprint density at radius 3 is 2.15 bits per heavy atom. The third-order valence-corrected chi connectivity index (χ3v) is 8.35. The molecule has 2 aliphatic heterocycles. The highest BCUT2D eigenvalue weighted by molar-refractivity contribution is 8.03. The number of nitrogens with zero attached hydrogens (tertiary/aromatic N) is 2. The Morgan fingerprint density at radius 2 is 1.68 bits per heavy atom. The number of allylic oxidation sites excluding steroid dienone is 2. The van der Waals surface area contributed by atoms with Gasteiger partial charge in [0, 0.05) is 22.9 Å². The van der Waals surface area contributed by atoms with Crippen LogP contribution >= 0.6 is 11.8 Å². The molecule has 0 radical (unpaired) electrons. The van der Waals surface area contributed by atoms with Crippen molar-refractivity contribution in [3.8, 4) is 0 Å². The molecule has 2 N–H and O–H groups in total. The van der Waals surface area contributed by atoms with E-state index < -0.39 is 17.3 Å². The van der Waals surface area contributed by atoms with Crippen molar-refractivity contribution in [2.75, 3.05) is 51.2 Å². The average Bonchev–Trinajstić information content (AvgIpc) is 3.03. The number of thioether (sulfide) groups is 1. The normalized spacial score (nSPS) is 15.2. The molecule has 10 heteroatoms. The van der Waals surface area contributed by atoms with Gasteiger partial charge in [-0.3, -0.25) is 0 Å². The topological polar surface area (TPSA) is 56.8 Å². The molecule has 47 heavy (non-hydrogen) atoms. The minimum absolute atomic E-state index is 0.386. The summed E-state index contributed by atoms with van der Waals surface area (Å²) < 4.78 is 45.5. The van der Waals surface area contributed by atoms with Gasteiger partial charge in [-0.1, -0.05) is 72.5 Å². The number of benzene rings is 1. The standard InChI is InChI=1S/C27H36F3N3O2S.C6H15N.2C2H6/c1-6-21-23(7-2)36-24-10-9-20(27(28,29)30)17-22(24)33(21)14-8-13-32-15-11-19(12-16-32)18-31-25(34)35-26(3,4)5;1-6(2)4-5-7-3;2*1-2/h6-7,9-10,17,19H,1-2,8,11-16,18H2,3-5H3,(H,31,34);6-7H,4-5H2,1-3H3;2*1-2H3. The molecule has 0 saturated carbocycles. The molecule has 0 spiro atoms. The number of halogens is 3. The maximum absolute atomic E-state index is 13.4. The number of hydrogen-bond donors (Lipinski definition) is 2. The van der Waals surface area contributed by atoms with Crippen LogP contribution in [0.4, 0.5) is 23.7 Å². The van der Waals surface area contributed by atoms with Crippen LogP contribution in [0.3, 0.4) is 0 Å². The second-order valence-corrected chi connectivity index (χ2v) is 13.5. The van der Waals surface area contributed by atoms with Gasteiger partial charge >= 0.3 is 12.3 Å². The number of alkyl carbamates (subject to hydrolysis) is 1. The van der Waals surface area contributed by atoms with Gasteiger partial charge in [-0.15, -0.1) is 0 Å². The Labute approximate surface area is 288 Å². The van der Waals surface area contributed by atoms with Crippen LogP contribution in [0.1, 0.15) is 93.6 Å². The molecule has 0 aromatic heterocycles. The zero-order chi connectivity index (χ0) is 36.2. The third-order valence-electron chi connectivity index (χ3n) is 7.19. The number of alkyl halides is 3. The van der Waals surface area contributed by atoms with Gasteiger partial charge in [0.15, 0.2) is 0 Å². The van der Waals surface area contributed by atoms with Crippen molar-refractivity contribution in [2.45, 2.75) is 105 Å². The molecule has 1 amide bonds. The summed E-state index contributed by atoms with van der Waals surface area (Å²) in [6.07, 6.45) is 2.67. The largest absolute Gasteiger partial charge is 0.444 e. The number of rotatable bonds is 11. The van der Waals surface area contributed by atoms with Gasteiger partial charge in [0.1, 0.15) is 5.60 Å². The first kappa shape index (κ1) is 44.6. The Kier molecular flexibility index (Phi) is 21.8. The van der Waals surface area contributed by atoms with Crippen molar-refractivity contribution in [2.24, 2.45) is 11.8 Å². The van der Waals surface area contributed by atoms with Crippen LogP contribution < -0.4 is 15.5 Å². The van der Waals surface area contributed by atoms with Gasteiger partial charge < -0.3 is 25.2 Å². The summed E-state index contributed by atoms with van der Waals surface area (Å²) in [7, 11) is 1.99. The fourth-order valence-corrected chi connectivity index (χ4v) is 5.89. The zero-order valence-electron chi connectivity index (χ0n) is 30.8. The van der Waals surface area contributed by atoms with Gasteiger partial charge in [0.25, 0.3) is 0 Å². The summed E-state index contributed by atoms with van der Waals surface area (Å²) in [5.41, 5.74) is 0.179. The lowest BCUT2D eigenvalue weighted by atomic mass is 9.97. The van der Waals surface area contributed by atoms with E-state index in [4.69, 9.17) is 4.74 Å². The van der Waals surface area contributed by atoms with Gasteiger partial charge in [0.05, 0.1) is 16.9 Å². The van der Waals surface area contributed by atoms with E-state index >= 15 is 0 Å². The smallest absolute Gasteiger partial charge is 0.416 e. The molecule has 1 aromatic rings. The van der Waals surface area contributed by atoms with Crippen molar-refractivity contribution >= 4 is 23.5 Å². The molecule has 2 heterocycles. The highest BCUT2D eigenvalue weighted by Gasteiger charge is 2.33. The Morgan fingerprint density at radius 1 is 1.06 bits per heavy atom. The van der Waals surface area contributed by atoms with E-state index in [0.29, 0.717) is 24.7 Å². The number of carbonyl (C=O) groups is 1. The molecular formula is C37H63F3N4O2S. The lowest BCUT2D eigenvalue weighted by Crippen LogP contribution is -2.41. The molecule has 6 nitrogen and oxygen atoms in total. The van der Waals surface area contributed by atoms with Crippen LogP contribution in [0, 0.1) is 11.8 Å². The van der Waals surface area contributed by atoms with E-state index in [1.54, 1.807) is 12.2 Å². The van der Waals surface area contributed by atoms with Crippen LogP contribution in [-0.4, -0.2) is 62.9 Å². The summed E-state index contributed by atoms with van der Waals surface area (Å²) in [4.78, 5) is 17.9. The van der Waals surface area contributed by atoms with Crippen LogP contribution in [0.5, 0.6) is 0 Å². The van der Waals surface area contributed by atoms with E-state index in [2.05, 4.69) is 42.5 Å². The average molecular weight is 685 g/mol. The van der Waals surface area contributed by atoms with Gasteiger partial charge in [-0.2, -0.15) is 13.2 Å². The van der Waals surface area contributed by atoms with Gasteiger partial charge in [-0.25, -0.2) is 4.79 Å². The molecule has 1 fully saturated rings.